The normalized spacial score (nSPS) is 7.43. The second-order valence-electron chi connectivity index (χ2n) is 4.16. The van der Waals surface area contributed by atoms with E-state index in [-0.39, 0.29) is 24.0 Å². The van der Waals surface area contributed by atoms with E-state index in [9.17, 15) is 21.0 Å². The van der Waals surface area contributed by atoms with Gasteiger partial charge in [-0.1, -0.05) is 0 Å². The van der Waals surface area contributed by atoms with Crippen molar-refractivity contribution in [2.45, 2.75) is 0 Å². The van der Waals surface area contributed by atoms with Crippen LogP contribution < -0.4 is 0 Å². The summed E-state index contributed by atoms with van der Waals surface area (Å²) in [5.74, 6) is 0. The summed E-state index contributed by atoms with van der Waals surface area (Å²) in [6.07, 6.45) is 16.4. The summed E-state index contributed by atoms with van der Waals surface area (Å²) in [7, 11) is -3.06. The standard InChI is InChI=1S/5C2H6OS.2NO3.O.V/c5*1-4(2)3;2*2-1(3)4;;/h5*1-2H3;;;;/q;;;;;2*-1;-2;+4. The Labute approximate surface area is 201 Å². The summed E-state index contributed by atoms with van der Waals surface area (Å²) in [5.41, 5.74) is 0. The number of rotatable bonds is 0. The zero-order valence-corrected chi connectivity index (χ0v) is 23.8. The Morgan fingerprint density at radius 3 is 0.433 bits per heavy atom. The van der Waals surface area contributed by atoms with Crippen LogP contribution in [0, 0.1) is 30.6 Å². The molecule has 20 heteroatoms. The van der Waals surface area contributed by atoms with Gasteiger partial charge in [-0.15, -0.1) is 0 Å². The van der Waals surface area contributed by atoms with Gasteiger partial charge in [-0.25, -0.2) is 0 Å². The Bertz CT molecular complexity index is 336. The Kier molecular flexibility index (Phi) is 97.8. The van der Waals surface area contributed by atoms with Crippen LogP contribution in [0.25, 0.3) is 0 Å². The Morgan fingerprint density at radius 2 is 0.433 bits per heavy atom. The van der Waals surface area contributed by atoms with Gasteiger partial charge in [0.1, 0.15) is 0 Å². The van der Waals surface area contributed by atoms with Gasteiger partial charge < -0.3 is 36.1 Å². The fraction of sp³-hybridized carbons (Fsp3) is 1.00. The van der Waals surface area contributed by atoms with Crippen molar-refractivity contribution in [3.63, 3.8) is 0 Å². The van der Waals surface area contributed by atoms with Crippen molar-refractivity contribution in [2.75, 3.05) is 62.6 Å². The molecule has 0 aromatic heterocycles. The molecule has 0 unspecified atom stereocenters. The summed E-state index contributed by atoms with van der Waals surface area (Å²) in [5, 5.41) is 29.5. The number of hydrogen-bond acceptors (Lipinski definition) is 11. The van der Waals surface area contributed by atoms with Crippen LogP contribution in [-0.2, 0) is 78.0 Å². The third kappa shape index (κ3) is 211000. The third-order valence-electron chi connectivity index (χ3n) is 0. The first-order valence-electron chi connectivity index (χ1n) is 6.01. The van der Waals surface area contributed by atoms with Gasteiger partial charge in [0.05, 0.1) is 10.2 Å². The van der Waals surface area contributed by atoms with Gasteiger partial charge in [-0.05, 0) is 0 Å². The Morgan fingerprint density at radius 1 is 0.433 bits per heavy atom. The molecule has 187 valence electrons. The van der Waals surface area contributed by atoms with E-state index in [1.807, 2.05) is 0 Å². The van der Waals surface area contributed by atoms with Crippen molar-refractivity contribution in [3.8, 4) is 0 Å². The Hall–Kier alpha value is -0.306. The molecule has 0 aliphatic heterocycles. The minimum Gasteiger partial charge on any atom is -2.00 e. The zero-order valence-electron chi connectivity index (χ0n) is 18.3. The summed E-state index contributed by atoms with van der Waals surface area (Å²) in [6, 6.07) is 0. The average Bonchev–Trinajstić information content (AvgIpc) is 2.20. The molecule has 0 aliphatic carbocycles. The molecule has 0 bridgehead atoms. The third-order valence-corrected chi connectivity index (χ3v) is 0. The van der Waals surface area contributed by atoms with Gasteiger partial charge >= 0.3 is 18.6 Å². The molecule has 0 aliphatic rings. The molecule has 0 atom stereocenters. The van der Waals surface area contributed by atoms with Crippen LogP contribution in [0.1, 0.15) is 0 Å². The van der Waals surface area contributed by atoms with Crippen LogP contribution in [0.3, 0.4) is 0 Å². The molecule has 1 radical (unpaired) electrons. The molecule has 0 rings (SSSR count). The summed E-state index contributed by atoms with van der Waals surface area (Å²) >= 11 is 0. The maximum atomic E-state index is 9.56. The predicted octanol–water partition coefficient (Wildman–Crippen LogP) is -0.626. The number of hydrogen-bond donors (Lipinski definition) is 0. The van der Waals surface area contributed by atoms with Crippen LogP contribution in [-0.4, -0.2) is 93.8 Å². The molecule has 0 saturated heterocycles. The van der Waals surface area contributed by atoms with Crippen molar-refractivity contribution in [3.05, 3.63) is 30.6 Å². The van der Waals surface area contributed by atoms with E-state index in [1.165, 1.54) is 0 Å². The van der Waals surface area contributed by atoms with E-state index < -0.39 is 64.2 Å². The zero-order chi connectivity index (χ0) is 25.0. The van der Waals surface area contributed by atoms with Crippen molar-refractivity contribution in [1.29, 1.82) is 0 Å². The van der Waals surface area contributed by atoms with Crippen molar-refractivity contribution in [1.82, 2.24) is 0 Å². The van der Waals surface area contributed by atoms with Gasteiger partial charge in [-0.2, -0.15) is 0 Å². The molecule has 0 heterocycles. The second kappa shape index (κ2) is 51.4. The molecule has 0 spiro atoms. The van der Waals surface area contributed by atoms with E-state index in [4.69, 9.17) is 30.6 Å². The fourth-order valence-corrected chi connectivity index (χ4v) is 0. The van der Waals surface area contributed by atoms with Gasteiger partial charge in [0, 0.05) is 117 Å². The fourth-order valence-electron chi connectivity index (χ4n) is 0. The summed E-state index contributed by atoms with van der Waals surface area (Å²) in [6.45, 7) is 0. The van der Waals surface area contributed by atoms with Crippen LogP contribution in [0.5, 0.6) is 0 Å². The maximum Gasteiger partial charge on any atom is 4.00 e. The maximum absolute atomic E-state index is 9.56. The quantitative estimate of drug-likeness (QED) is 0.257. The minimum atomic E-state index is -1.75. The molecule has 0 fully saturated rings. The molecule has 30 heavy (non-hydrogen) atoms. The second-order valence-corrected chi connectivity index (χ2v) is 11.6. The van der Waals surface area contributed by atoms with E-state index in [0.29, 0.717) is 0 Å². The molecule has 14 nitrogen and oxygen atoms in total. The van der Waals surface area contributed by atoms with Crippen LogP contribution >= 0.6 is 0 Å². The molecule has 0 amide bonds. The first-order valence-corrected chi connectivity index (χ1v) is 15.8. The smallest absolute Gasteiger partial charge is 2.00 e. The molecule has 0 aromatic rings. The van der Waals surface area contributed by atoms with Crippen molar-refractivity contribution < 1.29 is 55.2 Å². The minimum absolute atomic E-state index is 0. The van der Waals surface area contributed by atoms with E-state index in [0.717, 1.165) is 0 Å². The molecule has 0 aromatic carbocycles. The van der Waals surface area contributed by atoms with E-state index in [2.05, 4.69) is 0 Å². The summed E-state index contributed by atoms with van der Waals surface area (Å²) in [4.78, 5) is 16.5. The topological polar surface area (TPSA) is 246 Å². The number of nitrogens with zero attached hydrogens (tertiary/aromatic N) is 2. The monoisotopic (exact) mass is 581 g/mol. The largest absolute Gasteiger partial charge is 4.00 e. The molecule has 0 N–H and O–H groups in total. The average molecular weight is 582 g/mol. The van der Waals surface area contributed by atoms with Crippen LogP contribution in [0.2, 0.25) is 0 Å². The van der Waals surface area contributed by atoms with Crippen LogP contribution in [0.4, 0.5) is 0 Å². The van der Waals surface area contributed by atoms with E-state index >= 15 is 0 Å². The van der Waals surface area contributed by atoms with E-state index in [1.54, 1.807) is 62.6 Å². The SMILES string of the molecule is CS(C)=O.CS(C)=O.CS(C)=O.CS(C)=O.CS(C)=O.O=[N+]([O-])[O-].O=[N+]([O-])[O-].[O-2].[V+4]. The van der Waals surface area contributed by atoms with Gasteiger partial charge in [0.15, 0.2) is 0 Å². The first-order chi connectivity index (χ1) is 12.1. The first kappa shape index (κ1) is 57.1. The Balaban J connectivity index is -0.0000000242. The van der Waals surface area contributed by atoms with Gasteiger partial charge in [0.2, 0.25) is 0 Å². The molecular formula is C10H30N2O12S5V. The molecular weight excluding hydrogens is 551 g/mol. The van der Waals surface area contributed by atoms with Crippen LogP contribution in [0.15, 0.2) is 0 Å². The molecule has 0 saturated carbocycles. The van der Waals surface area contributed by atoms with Crippen molar-refractivity contribution >= 4 is 54.0 Å². The van der Waals surface area contributed by atoms with Gasteiger partial charge in [-0.3, -0.25) is 21.0 Å². The summed E-state index contributed by atoms with van der Waals surface area (Å²) < 4.78 is 47.8. The van der Waals surface area contributed by atoms with Gasteiger partial charge in [0.25, 0.3) is 0 Å². The predicted molar refractivity (Wildman–Crippen MR) is 121 cm³/mol. The van der Waals surface area contributed by atoms with Crippen molar-refractivity contribution in [2.24, 2.45) is 0 Å².